The number of rotatable bonds is 3. The monoisotopic (exact) mass is 309 g/mol. The van der Waals surface area contributed by atoms with Crippen molar-refractivity contribution in [2.45, 2.75) is 0 Å². The molecule has 0 aliphatic carbocycles. The van der Waals surface area contributed by atoms with Gasteiger partial charge in [0, 0.05) is 17.4 Å². The summed E-state index contributed by atoms with van der Waals surface area (Å²) in [6, 6.07) is 8.81. The number of nitro groups is 1. The van der Waals surface area contributed by atoms with E-state index in [9.17, 15) is 18.9 Å². The zero-order valence-corrected chi connectivity index (χ0v) is 11.3. The summed E-state index contributed by atoms with van der Waals surface area (Å²) in [7, 11) is 0. The molecule has 0 radical (unpaired) electrons. The van der Waals surface area contributed by atoms with Crippen molar-refractivity contribution >= 4 is 34.4 Å². The quantitative estimate of drug-likeness (QED) is 0.514. The second-order valence-corrected chi connectivity index (χ2v) is 4.42. The van der Waals surface area contributed by atoms with Crippen molar-refractivity contribution in [2.75, 3.05) is 10.6 Å². The molecule has 2 rings (SSSR count). The summed E-state index contributed by atoms with van der Waals surface area (Å²) in [5, 5.41) is 16.2. The van der Waals surface area contributed by atoms with Crippen LogP contribution in [-0.4, -0.2) is 10.0 Å². The minimum absolute atomic E-state index is 0.141. The Labute approximate surface area is 123 Å². The van der Waals surface area contributed by atoms with Crippen LogP contribution in [0.3, 0.4) is 0 Å². The third kappa shape index (κ3) is 3.93. The van der Waals surface area contributed by atoms with E-state index in [1.807, 2.05) is 0 Å². The van der Waals surface area contributed by atoms with E-state index in [4.69, 9.17) is 12.2 Å². The Kier molecular flexibility index (Phi) is 4.39. The lowest BCUT2D eigenvalue weighted by Gasteiger charge is -2.10. The molecule has 0 aromatic heterocycles. The highest BCUT2D eigenvalue weighted by Crippen LogP contribution is 2.21. The lowest BCUT2D eigenvalue weighted by Crippen LogP contribution is -2.19. The average molecular weight is 309 g/mol. The first-order valence-corrected chi connectivity index (χ1v) is 6.14. The maximum atomic E-state index is 13.2. The summed E-state index contributed by atoms with van der Waals surface area (Å²) in [5.74, 6) is -1.31. The van der Waals surface area contributed by atoms with Gasteiger partial charge in [0.2, 0.25) is 5.82 Å². The van der Waals surface area contributed by atoms with Crippen molar-refractivity contribution in [3.05, 3.63) is 64.2 Å². The summed E-state index contributed by atoms with van der Waals surface area (Å²) in [4.78, 5) is 9.81. The highest BCUT2D eigenvalue weighted by molar-refractivity contribution is 7.80. The van der Waals surface area contributed by atoms with Gasteiger partial charge < -0.3 is 10.6 Å². The molecule has 0 saturated heterocycles. The molecular weight excluding hydrogens is 300 g/mol. The van der Waals surface area contributed by atoms with Crippen LogP contribution >= 0.6 is 12.2 Å². The van der Waals surface area contributed by atoms with Crippen LogP contribution in [0.25, 0.3) is 0 Å². The van der Waals surface area contributed by atoms with Crippen LogP contribution in [0.2, 0.25) is 0 Å². The van der Waals surface area contributed by atoms with Gasteiger partial charge in [0.25, 0.3) is 0 Å². The Bertz CT molecular complexity index is 692. The maximum Gasteiger partial charge on any atom is 0.306 e. The zero-order valence-electron chi connectivity index (χ0n) is 10.5. The molecule has 0 spiro atoms. The number of hydrogen-bond acceptors (Lipinski definition) is 3. The Morgan fingerprint density at radius 1 is 1.05 bits per heavy atom. The number of nitrogens with one attached hydrogen (secondary N) is 2. The van der Waals surface area contributed by atoms with Gasteiger partial charge in [0.05, 0.1) is 4.92 Å². The van der Waals surface area contributed by atoms with E-state index in [-0.39, 0.29) is 16.6 Å². The summed E-state index contributed by atoms with van der Waals surface area (Å²) in [6.45, 7) is 0. The molecule has 2 N–H and O–H groups in total. The van der Waals surface area contributed by atoms with E-state index < -0.39 is 16.4 Å². The molecule has 0 amide bonds. The van der Waals surface area contributed by atoms with Crippen molar-refractivity contribution in [3.63, 3.8) is 0 Å². The van der Waals surface area contributed by atoms with E-state index >= 15 is 0 Å². The fraction of sp³-hybridized carbons (Fsp3) is 0. The van der Waals surface area contributed by atoms with Crippen molar-refractivity contribution < 1.29 is 13.7 Å². The van der Waals surface area contributed by atoms with Gasteiger partial charge in [0.15, 0.2) is 5.11 Å². The smallest absolute Gasteiger partial charge is 0.306 e. The molecule has 108 valence electrons. The number of thiocarbonyl (C=S) groups is 1. The van der Waals surface area contributed by atoms with Gasteiger partial charge in [-0.3, -0.25) is 10.1 Å². The van der Waals surface area contributed by atoms with Gasteiger partial charge in [-0.1, -0.05) is 0 Å². The minimum Gasteiger partial charge on any atom is -0.332 e. The highest BCUT2D eigenvalue weighted by Gasteiger charge is 2.14. The van der Waals surface area contributed by atoms with Crippen molar-refractivity contribution in [2.24, 2.45) is 0 Å². The standard InChI is InChI=1S/C13H9F2N3O2S/c14-8-1-3-9(4-2-8)16-13(21)17-10-5-6-11(15)12(7-10)18(19)20/h1-7H,(H2,16,17,21). The highest BCUT2D eigenvalue weighted by atomic mass is 32.1. The third-order valence-electron chi connectivity index (χ3n) is 2.50. The van der Waals surface area contributed by atoms with Crippen LogP contribution in [0.1, 0.15) is 0 Å². The minimum atomic E-state index is -0.928. The van der Waals surface area contributed by atoms with Gasteiger partial charge >= 0.3 is 5.69 Å². The van der Waals surface area contributed by atoms with Crippen LogP contribution in [0, 0.1) is 21.7 Å². The van der Waals surface area contributed by atoms with Crippen LogP contribution in [0.5, 0.6) is 0 Å². The van der Waals surface area contributed by atoms with Gasteiger partial charge in [-0.05, 0) is 48.6 Å². The molecule has 21 heavy (non-hydrogen) atoms. The van der Waals surface area contributed by atoms with E-state index in [1.165, 1.54) is 30.3 Å². The SMILES string of the molecule is O=[N+]([O-])c1cc(NC(=S)Nc2ccc(F)cc2)ccc1F. The first-order chi connectivity index (χ1) is 9.95. The molecule has 0 aliphatic rings. The molecule has 8 heteroatoms. The number of halogens is 2. The number of hydrogen-bond donors (Lipinski definition) is 2. The van der Waals surface area contributed by atoms with Crippen LogP contribution in [0.4, 0.5) is 25.8 Å². The first kappa shape index (κ1) is 14.8. The Hall–Kier alpha value is -2.61. The molecule has 0 heterocycles. The number of benzene rings is 2. The molecule has 0 atom stereocenters. The molecule has 0 aliphatic heterocycles. The summed E-state index contributed by atoms with van der Waals surface area (Å²) < 4.78 is 25.9. The van der Waals surface area contributed by atoms with E-state index in [2.05, 4.69) is 10.6 Å². The van der Waals surface area contributed by atoms with Gasteiger partial charge in [-0.2, -0.15) is 4.39 Å². The van der Waals surface area contributed by atoms with Crippen molar-refractivity contribution in [1.82, 2.24) is 0 Å². The van der Waals surface area contributed by atoms with E-state index in [0.717, 1.165) is 12.1 Å². The molecule has 2 aromatic rings. The predicted octanol–water partition coefficient (Wildman–Crippen LogP) is 3.68. The molecule has 2 aromatic carbocycles. The summed E-state index contributed by atoms with van der Waals surface area (Å²) in [5.41, 5.74) is 0.165. The van der Waals surface area contributed by atoms with Crippen molar-refractivity contribution in [3.8, 4) is 0 Å². The Morgan fingerprint density at radius 2 is 1.62 bits per heavy atom. The van der Waals surface area contributed by atoms with E-state index in [0.29, 0.717) is 5.69 Å². The zero-order chi connectivity index (χ0) is 15.4. The second-order valence-electron chi connectivity index (χ2n) is 4.01. The lowest BCUT2D eigenvalue weighted by molar-refractivity contribution is -0.387. The largest absolute Gasteiger partial charge is 0.332 e. The first-order valence-electron chi connectivity index (χ1n) is 5.73. The Balaban J connectivity index is 2.07. The third-order valence-corrected chi connectivity index (χ3v) is 2.71. The molecule has 0 unspecified atom stereocenters. The molecular formula is C13H9F2N3O2S. The molecule has 5 nitrogen and oxygen atoms in total. The maximum absolute atomic E-state index is 13.2. The fourth-order valence-electron chi connectivity index (χ4n) is 1.56. The lowest BCUT2D eigenvalue weighted by atomic mass is 10.2. The predicted molar refractivity (Wildman–Crippen MR) is 79.3 cm³/mol. The van der Waals surface area contributed by atoms with E-state index in [1.54, 1.807) is 0 Å². The molecule has 0 bridgehead atoms. The van der Waals surface area contributed by atoms with Crippen LogP contribution in [0.15, 0.2) is 42.5 Å². The summed E-state index contributed by atoms with van der Waals surface area (Å²) in [6.07, 6.45) is 0. The summed E-state index contributed by atoms with van der Waals surface area (Å²) >= 11 is 5.01. The molecule has 0 saturated carbocycles. The van der Waals surface area contributed by atoms with Gasteiger partial charge in [-0.15, -0.1) is 0 Å². The normalized spacial score (nSPS) is 10.0. The number of nitro benzene ring substituents is 1. The second kappa shape index (κ2) is 6.23. The molecule has 0 fully saturated rings. The van der Waals surface area contributed by atoms with Gasteiger partial charge in [-0.25, -0.2) is 4.39 Å². The van der Waals surface area contributed by atoms with Crippen LogP contribution < -0.4 is 10.6 Å². The number of anilines is 2. The fourth-order valence-corrected chi connectivity index (χ4v) is 1.79. The topological polar surface area (TPSA) is 67.2 Å². The Morgan fingerprint density at radius 3 is 2.24 bits per heavy atom. The average Bonchev–Trinajstić information content (AvgIpc) is 2.43. The van der Waals surface area contributed by atoms with Gasteiger partial charge in [0.1, 0.15) is 5.82 Å². The number of nitrogens with zero attached hydrogens (tertiary/aromatic N) is 1. The van der Waals surface area contributed by atoms with Crippen molar-refractivity contribution in [1.29, 1.82) is 0 Å². The van der Waals surface area contributed by atoms with Crippen LogP contribution in [-0.2, 0) is 0 Å².